The molecule has 0 unspecified atom stereocenters. The Kier molecular flexibility index (Phi) is 2.89. The van der Waals surface area contributed by atoms with Crippen LogP contribution in [0.25, 0.3) is 11.0 Å². The van der Waals surface area contributed by atoms with E-state index in [1.165, 1.54) is 13.2 Å². The van der Waals surface area contributed by atoms with E-state index >= 15 is 0 Å². The average Bonchev–Trinajstić information content (AvgIpc) is 2.28. The van der Waals surface area contributed by atoms with Crippen LogP contribution >= 0.6 is 15.9 Å². The fourth-order valence-electron chi connectivity index (χ4n) is 1.48. The maximum atomic E-state index is 11.5. The summed E-state index contributed by atoms with van der Waals surface area (Å²) in [6.45, 7) is 0. The molecule has 6 heteroatoms. The van der Waals surface area contributed by atoms with E-state index in [0.717, 1.165) is 0 Å². The summed E-state index contributed by atoms with van der Waals surface area (Å²) in [6.07, 6.45) is 0. The van der Waals surface area contributed by atoms with Crippen molar-refractivity contribution in [2.24, 2.45) is 5.73 Å². The maximum Gasteiger partial charge on any atom is 0.349 e. The molecule has 1 aromatic heterocycles. The van der Waals surface area contributed by atoms with Crippen LogP contribution in [0.15, 0.2) is 31.9 Å². The molecule has 0 saturated carbocycles. The molecular weight excluding hydrogens is 290 g/mol. The van der Waals surface area contributed by atoms with Crippen molar-refractivity contribution in [1.29, 1.82) is 0 Å². The van der Waals surface area contributed by atoms with E-state index < -0.39 is 11.5 Å². The highest BCUT2D eigenvalue weighted by molar-refractivity contribution is 9.10. The number of hydrogen-bond donors (Lipinski definition) is 1. The van der Waals surface area contributed by atoms with Gasteiger partial charge in [0.2, 0.25) is 0 Å². The summed E-state index contributed by atoms with van der Waals surface area (Å²) in [5.41, 5.74) is 4.39. The van der Waals surface area contributed by atoms with Crippen molar-refractivity contribution in [2.45, 2.75) is 0 Å². The summed E-state index contributed by atoms with van der Waals surface area (Å²) in [7, 11) is 1.46. The molecule has 0 aliphatic carbocycles. The summed E-state index contributed by atoms with van der Waals surface area (Å²) >= 11 is 3.30. The minimum atomic E-state index is -0.824. The van der Waals surface area contributed by atoms with E-state index in [2.05, 4.69) is 15.9 Å². The lowest BCUT2D eigenvalue weighted by atomic mass is 10.1. The van der Waals surface area contributed by atoms with Gasteiger partial charge in [0, 0.05) is 9.86 Å². The van der Waals surface area contributed by atoms with Crippen LogP contribution < -0.4 is 16.1 Å². The van der Waals surface area contributed by atoms with Crippen LogP contribution in [0.1, 0.15) is 10.4 Å². The third-order valence-electron chi connectivity index (χ3n) is 2.30. The number of primary amides is 1. The second-order valence-corrected chi connectivity index (χ2v) is 4.16. The molecule has 0 saturated heterocycles. The Hall–Kier alpha value is -1.82. The Morgan fingerprint density at radius 2 is 2.18 bits per heavy atom. The highest BCUT2D eigenvalue weighted by Crippen LogP contribution is 2.30. The van der Waals surface area contributed by atoms with Crippen molar-refractivity contribution in [2.75, 3.05) is 7.11 Å². The minimum absolute atomic E-state index is 0.188. The van der Waals surface area contributed by atoms with Gasteiger partial charge in [0.1, 0.15) is 5.56 Å². The van der Waals surface area contributed by atoms with Crippen LogP contribution in [0.2, 0.25) is 0 Å². The SMILES string of the molecule is COc1ccc(Br)c2cc(C(N)=O)c(=O)oc12. The van der Waals surface area contributed by atoms with Gasteiger partial charge in [-0.05, 0) is 18.2 Å². The predicted octanol–water partition coefficient (Wildman–Crippen LogP) is 1.66. The quantitative estimate of drug-likeness (QED) is 0.855. The molecule has 1 amide bonds. The number of hydrogen-bond acceptors (Lipinski definition) is 4. The summed E-state index contributed by atoms with van der Waals surface area (Å²) in [5, 5.41) is 0.553. The van der Waals surface area contributed by atoms with E-state index in [0.29, 0.717) is 15.6 Å². The van der Waals surface area contributed by atoms with E-state index in [-0.39, 0.29) is 11.1 Å². The number of amides is 1. The third kappa shape index (κ3) is 1.91. The van der Waals surface area contributed by atoms with Crippen molar-refractivity contribution in [1.82, 2.24) is 0 Å². The molecule has 0 atom stereocenters. The minimum Gasteiger partial charge on any atom is -0.493 e. The first-order chi connectivity index (χ1) is 8.04. The normalized spacial score (nSPS) is 10.5. The van der Waals surface area contributed by atoms with Gasteiger partial charge in [0.05, 0.1) is 7.11 Å². The summed E-state index contributed by atoms with van der Waals surface area (Å²) in [5.74, 6) is -0.410. The molecule has 1 heterocycles. The predicted molar refractivity (Wildman–Crippen MR) is 65.3 cm³/mol. The molecule has 2 aromatic rings. The standard InChI is InChI=1S/C11H8BrNO4/c1-16-8-3-2-7(12)5-4-6(10(13)14)11(15)17-9(5)8/h2-4H,1H3,(H2,13,14). The topological polar surface area (TPSA) is 82.5 Å². The third-order valence-corrected chi connectivity index (χ3v) is 2.99. The van der Waals surface area contributed by atoms with Crippen LogP contribution in [-0.4, -0.2) is 13.0 Å². The number of carbonyl (C=O) groups excluding carboxylic acids is 1. The molecule has 0 aliphatic heterocycles. The first kappa shape index (κ1) is 11.7. The summed E-state index contributed by atoms with van der Waals surface area (Å²) < 4.78 is 10.8. The Morgan fingerprint density at radius 1 is 1.47 bits per heavy atom. The van der Waals surface area contributed by atoms with Gasteiger partial charge >= 0.3 is 5.63 Å². The van der Waals surface area contributed by atoms with Gasteiger partial charge in [-0.25, -0.2) is 4.79 Å². The van der Waals surface area contributed by atoms with Gasteiger partial charge in [-0.3, -0.25) is 4.79 Å². The number of nitrogens with two attached hydrogens (primary N) is 1. The second kappa shape index (κ2) is 4.21. The Labute approximate surface area is 104 Å². The van der Waals surface area contributed by atoms with Crippen molar-refractivity contribution in [3.05, 3.63) is 38.7 Å². The van der Waals surface area contributed by atoms with Gasteiger partial charge in [0.25, 0.3) is 5.91 Å². The van der Waals surface area contributed by atoms with Gasteiger partial charge in [-0.1, -0.05) is 15.9 Å². The van der Waals surface area contributed by atoms with Gasteiger partial charge < -0.3 is 14.9 Å². The molecule has 88 valence electrons. The number of carbonyl (C=O) groups is 1. The molecule has 0 aliphatic rings. The fourth-order valence-corrected chi connectivity index (χ4v) is 1.91. The van der Waals surface area contributed by atoms with Crippen LogP contribution in [0.5, 0.6) is 5.75 Å². The molecule has 17 heavy (non-hydrogen) atoms. The second-order valence-electron chi connectivity index (χ2n) is 3.30. The first-order valence-corrected chi connectivity index (χ1v) is 5.44. The highest BCUT2D eigenvalue weighted by atomic mass is 79.9. The van der Waals surface area contributed by atoms with Crippen molar-refractivity contribution < 1.29 is 13.9 Å². The van der Waals surface area contributed by atoms with Gasteiger partial charge in [-0.2, -0.15) is 0 Å². The number of benzene rings is 1. The van der Waals surface area contributed by atoms with Gasteiger partial charge in [-0.15, -0.1) is 0 Å². The fraction of sp³-hybridized carbons (Fsp3) is 0.0909. The van der Waals surface area contributed by atoms with Crippen LogP contribution in [0, 0.1) is 0 Å². The van der Waals surface area contributed by atoms with Crippen LogP contribution in [0.4, 0.5) is 0 Å². The molecule has 0 bridgehead atoms. The zero-order chi connectivity index (χ0) is 12.6. The van der Waals surface area contributed by atoms with E-state index in [1.54, 1.807) is 12.1 Å². The van der Waals surface area contributed by atoms with E-state index in [1.807, 2.05) is 0 Å². The van der Waals surface area contributed by atoms with Gasteiger partial charge in [0.15, 0.2) is 11.3 Å². The summed E-state index contributed by atoms with van der Waals surface area (Å²) in [4.78, 5) is 22.6. The molecule has 0 fully saturated rings. The molecule has 0 radical (unpaired) electrons. The monoisotopic (exact) mass is 297 g/mol. The lowest BCUT2D eigenvalue weighted by molar-refractivity contribution is 0.0997. The molecule has 1 aromatic carbocycles. The number of methoxy groups -OCH3 is 1. The Morgan fingerprint density at radius 3 is 2.76 bits per heavy atom. The van der Waals surface area contributed by atoms with Crippen molar-refractivity contribution in [3.63, 3.8) is 0 Å². The van der Waals surface area contributed by atoms with E-state index in [9.17, 15) is 9.59 Å². The number of fused-ring (bicyclic) bond motifs is 1. The largest absolute Gasteiger partial charge is 0.493 e. The van der Waals surface area contributed by atoms with Crippen molar-refractivity contribution in [3.8, 4) is 5.75 Å². The average molecular weight is 298 g/mol. The Bertz CT molecular complexity index is 662. The number of rotatable bonds is 2. The Balaban J connectivity index is 2.91. The maximum absolute atomic E-state index is 11.5. The molecule has 5 nitrogen and oxygen atoms in total. The van der Waals surface area contributed by atoms with Crippen LogP contribution in [0.3, 0.4) is 0 Å². The zero-order valence-electron chi connectivity index (χ0n) is 8.82. The van der Waals surface area contributed by atoms with Crippen LogP contribution in [-0.2, 0) is 0 Å². The lowest BCUT2D eigenvalue weighted by Crippen LogP contribution is -2.20. The smallest absolute Gasteiger partial charge is 0.349 e. The molecule has 0 spiro atoms. The first-order valence-electron chi connectivity index (χ1n) is 4.64. The molecular formula is C11H8BrNO4. The number of halogens is 1. The number of ether oxygens (including phenoxy) is 1. The summed E-state index contributed by atoms with van der Waals surface area (Å²) in [6, 6.07) is 4.77. The van der Waals surface area contributed by atoms with Crippen molar-refractivity contribution >= 4 is 32.8 Å². The zero-order valence-corrected chi connectivity index (χ0v) is 10.4. The highest BCUT2D eigenvalue weighted by Gasteiger charge is 2.14. The molecule has 2 rings (SSSR count). The molecule has 2 N–H and O–H groups in total. The lowest BCUT2D eigenvalue weighted by Gasteiger charge is -2.06. The van der Waals surface area contributed by atoms with E-state index in [4.69, 9.17) is 14.9 Å².